The number of hydrogen-bond acceptors (Lipinski definition) is 7. The van der Waals surface area contributed by atoms with Gasteiger partial charge in [0.15, 0.2) is 0 Å². The number of nitrogens with one attached hydrogen (secondary N) is 2. The lowest BCUT2D eigenvalue weighted by atomic mass is 10.1. The first-order valence-electron chi connectivity index (χ1n) is 8.64. The SMILES string of the molecule is CC(Nc1nc(Nc2cnccn2)cc(-c2ccoc2)n1)c1ccc(F)cc1. The van der Waals surface area contributed by atoms with Crippen molar-refractivity contribution in [2.24, 2.45) is 0 Å². The third kappa shape index (κ3) is 4.12. The first-order chi connectivity index (χ1) is 13.7. The molecule has 0 aliphatic rings. The Balaban J connectivity index is 1.64. The zero-order valence-corrected chi connectivity index (χ0v) is 15.0. The monoisotopic (exact) mass is 376 g/mol. The Morgan fingerprint density at radius 3 is 2.61 bits per heavy atom. The number of anilines is 3. The van der Waals surface area contributed by atoms with Crippen molar-refractivity contribution in [2.45, 2.75) is 13.0 Å². The molecule has 0 bridgehead atoms. The molecular formula is C20H17FN6O. The van der Waals surface area contributed by atoms with E-state index in [1.807, 2.05) is 13.0 Å². The Kier molecular flexibility index (Phi) is 4.92. The molecule has 4 aromatic rings. The van der Waals surface area contributed by atoms with E-state index >= 15 is 0 Å². The van der Waals surface area contributed by atoms with Gasteiger partial charge in [0.1, 0.15) is 17.5 Å². The van der Waals surface area contributed by atoms with Crippen LogP contribution in [-0.4, -0.2) is 19.9 Å². The number of rotatable bonds is 6. The van der Waals surface area contributed by atoms with Crippen molar-refractivity contribution >= 4 is 17.6 Å². The van der Waals surface area contributed by atoms with Crippen LogP contribution in [-0.2, 0) is 0 Å². The molecule has 3 heterocycles. The van der Waals surface area contributed by atoms with E-state index in [0.29, 0.717) is 23.3 Å². The first-order valence-corrected chi connectivity index (χ1v) is 8.64. The molecule has 3 aromatic heterocycles. The average Bonchev–Trinajstić information content (AvgIpc) is 3.24. The van der Waals surface area contributed by atoms with Crippen LogP contribution in [0.4, 0.5) is 22.0 Å². The Bertz CT molecular complexity index is 1040. The summed E-state index contributed by atoms with van der Waals surface area (Å²) in [5, 5.41) is 6.38. The molecule has 2 N–H and O–H groups in total. The van der Waals surface area contributed by atoms with Gasteiger partial charge in [-0.2, -0.15) is 4.98 Å². The second-order valence-electron chi connectivity index (χ2n) is 6.11. The number of hydrogen-bond donors (Lipinski definition) is 2. The Morgan fingerprint density at radius 1 is 1.04 bits per heavy atom. The standard InChI is InChI=1S/C20H17FN6O/c1-13(14-2-4-16(21)5-3-14)24-20-25-17(15-6-9-28-12-15)10-18(27-20)26-19-11-22-7-8-23-19/h2-13H,1H3,(H2,23,24,25,26,27). The number of benzene rings is 1. The molecule has 140 valence electrons. The van der Waals surface area contributed by atoms with Crippen LogP contribution in [0.3, 0.4) is 0 Å². The average molecular weight is 376 g/mol. The number of aromatic nitrogens is 4. The van der Waals surface area contributed by atoms with Gasteiger partial charge in [0.2, 0.25) is 5.95 Å². The van der Waals surface area contributed by atoms with Crippen molar-refractivity contribution in [3.8, 4) is 11.3 Å². The molecule has 8 heteroatoms. The van der Waals surface area contributed by atoms with Crippen molar-refractivity contribution in [1.29, 1.82) is 0 Å². The summed E-state index contributed by atoms with van der Waals surface area (Å²) < 4.78 is 18.3. The Morgan fingerprint density at radius 2 is 1.89 bits per heavy atom. The van der Waals surface area contributed by atoms with E-state index in [1.54, 1.807) is 49.3 Å². The molecule has 28 heavy (non-hydrogen) atoms. The maximum absolute atomic E-state index is 13.2. The quantitative estimate of drug-likeness (QED) is 0.509. The molecule has 1 atom stereocenters. The summed E-state index contributed by atoms with van der Waals surface area (Å²) in [5.41, 5.74) is 2.42. The predicted molar refractivity (Wildman–Crippen MR) is 103 cm³/mol. The summed E-state index contributed by atoms with van der Waals surface area (Å²) in [6.45, 7) is 1.96. The Labute approximate surface area is 160 Å². The molecule has 7 nitrogen and oxygen atoms in total. The molecule has 4 rings (SSSR count). The van der Waals surface area contributed by atoms with Gasteiger partial charge in [-0.05, 0) is 30.7 Å². The highest BCUT2D eigenvalue weighted by Crippen LogP contribution is 2.25. The van der Waals surface area contributed by atoms with Gasteiger partial charge in [-0.25, -0.2) is 14.4 Å². The highest BCUT2D eigenvalue weighted by molar-refractivity contribution is 5.65. The van der Waals surface area contributed by atoms with Crippen LogP contribution in [0, 0.1) is 5.82 Å². The van der Waals surface area contributed by atoms with Crippen molar-refractivity contribution in [3.63, 3.8) is 0 Å². The van der Waals surface area contributed by atoms with Gasteiger partial charge in [0.25, 0.3) is 0 Å². The fourth-order valence-corrected chi connectivity index (χ4v) is 2.66. The maximum Gasteiger partial charge on any atom is 0.225 e. The van der Waals surface area contributed by atoms with Crippen LogP contribution in [0.25, 0.3) is 11.3 Å². The molecule has 0 saturated heterocycles. The van der Waals surface area contributed by atoms with E-state index in [-0.39, 0.29) is 11.9 Å². The summed E-state index contributed by atoms with van der Waals surface area (Å²) in [5.74, 6) is 1.27. The molecule has 0 fully saturated rings. The molecular weight excluding hydrogens is 359 g/mol. The minimum Gasteiger partial charge on any atom is -0.472 e. The van der Waals surface area contributed by atoms with Gasteiger partial charge in [-0.15, -0.1) is 0 Å². The third-order valence-electron chi connectivity index (χ3n) is 4.08. The van der Waals surface area contributed by atoms with Gasteiger partial charge in [-0.3, -0.25) is 4.98 Å². The van der Waals surface area contributed by atoms with Gasteiger partial charge < -0.3 is 15.1 Å². The molecule has 0 saturated carbocycles. The normalized spacial score (nSPS) is 11.8. The van der Waals surface area contributed by atoms with Gasteiger partial charge in [0, 0.05) is 24.0 Å². The van der Waals surface area contributed by atoms with Gasteiger partial charge in [0.05, 0.1) is 30.5 Å². The number of halogens is 1. The maximum atomic E-state index is 13.2. The lowest BCUT2D eigenvalue weighted by Crippen LogP contribution is -2.11. The van der Waals surface area contributed by atoms with Crippen LogP contribution in [0.2, 0.25) is 0 Å². The fourth-order valence-electron chi connectivity index (χ4n) is 2.66. The molecule has 1 unspecified atom stereocenters. The topological polar surface area (TPSA) is 88.8 Å². The molecule has 0 aliphatic carbocycles. The van der Waals surface area contributed by atoms with Crippen LogP contribution in [0.1, 0.15) is 18.5 Å². The minimum atomic E-state index is -0.274. The third-order valence-corrected chi connectivity index (χ3v) is 4.08. The lowest BCUT2D eigenvalue weighted by molar-refractivity contribution is 0.568. The van der Waals surface area contributed by atoms with E-state index in [4.69, 9.17) is 4.42 Å². The largest absolute Gasteiger partial charge is 0.472 e. The van der Waals surface area contributed by atoms with E-state index in [9.17, 15) is 4.39 Å². The van der Waals surface area contributed by atoms with E-state index in [1.165, 1.54) is 12.1 Å². The molecule has 0 amide bonds. The van der Waals surface area contributed by atoms with E-state index in [2.05, 4.69) is 30.6 Å². The lowest BCUT2D eigenvalue weighted by Gasteiger charge is -2.16. The summed E-state index contributed by atoms with van der Waals surface area (Å²) in [6.07, 6.45) is 7.99. The summed E-state index contributed by atoms with van der Waals surface area (Å²) in [7, 11) is 0. The van der Waals surface area contributed by atoms with Crippen molar-refractivity contribution in [3.05, 3.63) is 78.9 Å². The highest BCUT2D eigenvalue weighted by Gasteiger charge is 2.12. The summed E-state index contributed by atoms with van der Waals surface area (Å²) in [6, 6.07) is 9.81. The summed E-state index contributed by atoms with van der Waals surface area (Å²) >= 11 is 0. The Hall–Kier alpha value is -3.81. The smallest absolute Gasteiger partial charge is 0.225 e. The van der Waals surface area contributed by atoms with Crippen molar-refractivity contribution < 1.29 is 8.81 Å². The van der Waals surface area contributed by atoms with Crippen molar-refractivity contribution in [1.82, 2.24) is 19.9 Å². The minimum absolute atomic E-state index is 0.121. The van der Waals surface area contributed by atoms with Crippen molar-refractivity contribution in [2.75, 3.05) is 10.6 Å². The second-order valence-corrected chi connectivity index (χ2v) is 6.11. The molecule has 0 spiro atoms. The van der Waals surface area contributed by atoms with E-state index in [0.717, 1.165) is 11.1 Å². The zero-order valence-electron chi connectivity index (χ0n) is 15.0. The van der Waals surface area contributed by atoms with Crippen LogP contribution >= 0.6 is 0 Å². The number of nitrogens with zero attached hydrogens (tertiary/aromatic N) is 4. The number of furan rings is 1. The fraction of sp³-hybridized carbons (Fsp3) is 0.100. The van der Waals surface area contributed by atoms with Gasteiger partial charge in [-0.1, -0.05) is 12.1 Å². The van der Waals surface area contributed by atoms with Crippen LogP contribution in [0.5, 0.6) is 0 Å². The van der Waals surface area contributed by atoms with Crippen LogP contribution < -0.4 is 10.6 Å². The summed E-state index contributed by atoms with van der Waals surface area (Å²) in [4.78, 5) is 17.3. The predicted octanol–water partition coefficient (Wildman–Crippen LogP) is 4.58. The molecule has 0 radical (unpaired) electrons. The highest BCUT2D eigenvalue weighted by atomic mass is 19.1. The van der Waals surface area contributed by atoms with E-state index < -0.39 is 0 Å². The van der Waals surface area contributed by atoms with Gasteiger partial charge >= 0.3 is 0 Å². The molecule has 1 aromatic carbocycles. The second kappa shape index (κ2) is 7.83. The van der Waals surface area contributed by atoms with Crippen LogP contribution in [0.15, 0.2) is 71.9 Å². The zero-order chi connectivity index (χ0) is 19.3. The first kappa shape index (κ1) is 17.6. The molecule has 0 aliphatic heterocycles.